The fourth-order valence-corrected chi connectivity index (χ4v) is 3.70. The number of benzene rings is 1. The molecule has 0 spiro atoms. The van der Waals surface area contributed by atoms with Gasteiger partial charge in [0.15, 0.2) is 11.5 Å². The SMILES string of the molecule is COc1ccc(-c2nc3c(C#N)c[nH]n3c2NC2CCCCCC2)cc1. The highest BCUT2D eigenvalue weighted by Gasteiger charge is 2.21. The lowest BCUT2D eigenvalue weighted by atomic mass is 10.1. The summed E-state index contributed by atoms with van der Waals surface area (Å²) in [7, 11) is 1.66. The molecule has 1 saturated carbocycles. The van der Waals surface area contributed by atoms with Crippen LogP contribution in [0.5, 0.6) is 5.75 Å². The van der Waals surface area contributed by atoms with Gasteiger partial charge in [-0.2, -0.15) is 5.26 Å². The van der Waals surface area contributed by atoms with E-state index >= 15 is 0 Å². The van der Waals surface area contributed by atoms with Gasteiger partial charge in [0.25, 0.3) is 0 Å². The summed E-state index contributed by atoms with van der Waals surface area (Å²) in [5.74, 6) is 1.74. The van der Waals surface area contributed by atoms with Crippen molar-refractivity contribution in [1.82, 2.24) is 14.6 Å². The van der Waals surface area contributed by atoms with Crippen LogP contribution in [0.15, 0.2) is 30.5 Å². The minimum Gasteiger partial charge on any atom is -0.497 e. The van der Waals surface area contributed by atoms with Gasteiger partial charge in [-0.3, -0.25) is 5.10 Å². The lowest BCUT2D eigenvalue weighted by molar-refractivity contribution is 0.415. The van der Waals surface area contributed by atoms with Gasteiger partial charge in [0.2, 0.25) is 0 Å². The van der Waals surface area contributed by atoms with E-state index in [1.807, 2.05) is 28.8 Å². The van der Waals surface area contributed by atoms with Crippen molar-refractivity contribution >= 4 is 11.5 Å². The molecule has 0 saturated heterocycles. The number of imidazole rings is 1. The van der Waals surface area contributed by atoms with Gasteiger partial charge >= 0.3 is 0 Å². The molecule has 0 atom stereocenters. The zero-order valence-electron chi connectivity index (χ0n) is 15.0. The molecule has 26 heavy (non-hydrogen) atoms. The summed E-state index contributed by atoms with van der Waals surface area (Å²) in [4.78, 5) is 4.76. The summed E-state index contributed by atoms with van der Waals surface area (Å²) in [5.41, 5.74) is 3.08. The van der Waals surface area contributed by atoms with E-state index in [1.54, 1.807) is 13.3 Å². The average molecular weight is 349 g/mol. The van der Waals surface area contributed by atoms with Crippen molar-refractivity contribution < 1.29 is 4.74 Å². The zero-order valence-corrected chi connectivity index (χ0v) is 15.0. The van der Waals surface area contributed by atoms with Crippen LogP contribution in [0.3, 0.4) is 0 Å². The largest absolute Gasteiger partial charge is 0.497 e. The number of aromatic nitrogens is 3. The number of fused-ring (bicyclic) bond motifs is 1. The van der Waals surface area contributed by atoms with E-state index in [-0.39, 0.29) is 0 Å². The molecule has 4 rings (SSSR count). The maximum atomic E-state index is 9.36. The maximum Gasteiger partial charge on any atom is 0.173 e. The highest BCUT2D eigenvalue weighted by atomic mass is 16.5. The molecule has 2 heterocycles. The molecule has 6 nitrogen and oxygen atoms in total. The first-order valence-electron chi connectivity index (χ1n) is 9.21. The monoisotopic (exact) mass is 349 g/mol. The van der Waals surface area contributed by atoms with Gasteiger partial charge in [-0.25, -0.2) is 9.50 Å². The number of rotatable bonds is 4. The molecule has 0 amide bonds. The number of H-pyrrole nitrogens is 1. The molecule has 1 aliphatic carbocycles. The van der Waals surface area contributed by atoms with Crippen LogP contribution >= 0.6 is 0 Å². The first-order chi connectivity index (χ1) is 12.8. The van der Waals surface area contributed by atoms with Crippen molar-refractivity contribution in [3.8, 4) is 23.1 Å². The predicted octanol–water partition coefficient (Wildman–Crippen LogP) is 4.34. The summed E-state index contributed by atoms with van der Waals surface area (Å²) in [5, 5.41) is 16.2. The van der Waals surface area contributed by atoms with E-state index in [2.05, 4.69) is 16.5 Å². The third-order valence-electron chi connectivity index (χ3n) is 5.14. The molecule has 0 unspecified atom stereocenters. The first kappa shape index (κ1) is 16.5. The van der Waals surface area contributed by atoms with Crippen LogP contribution in [0.25, 0.3) is 16.9 Å². The van der Waals surface area contributed by atoms with Crippen LogP contribution in [-0.4, -0.2) is 27.7 Å². The molecule has 0 radical (unpaired) electrons. The molecular formula is C20H23N5O. The zero-order chi connectivity index (χ0) is 17.9. The minimum atomic E-state index is 0.434. The van der Waals surface area contributed by atoms with Gasteiger partial charge in [-0.05, 0) is 37.1 Å². The summed E-state index contributed by atoms with van der Waals surface area (Å²) in [6.45, 7) is 0. The van der Waals surface area contributed by atoms with E-state index in [1.165, 1.54) is 38.5 Å². The number of hydrogen-bond donors (Lipinski definition) is 2. The molecule has 2 N–H and O–H groups in total. The maximum absolute atomic E-state index is 9.36. The van der Waals surface area contributed by atoms with Crippen molar-refractivity contribution in [2.24, 2.45) is 0 Å². The third-order valence-corrected chi connectivity index (χ3v) is 5.14. The Hall–Kier alpha value is -2.94. The number of methoxy groups -OCH3 is 1. The Kier molecular flexibility index (Phi) is 4.53. The lowest BCUT2D eigenvalue weighted by Gasteiger charge is -2.18. The van der Waals surface area contributed by atoms with E-state index in [4.69, 9.17) is 9.72 Å². The number of aromatic amines is 1. The smallest absolute Gasteiger partial charge is 0.173 e. The van der Waals surface area contributed by atoms with Gasteiger partial charge in [0, 0.05) is 17.8 Å². The highest BCUT2D eigenvalue weighted by molar-refractivity contribution is 5.78. The van der Waals surface area contributed by atoms with Crippen molar-refractivity contribution in [1.29, 1.82) is 5.26 Å². The Morgan fingerprint density at radius 3 is 2.58 bits per heavy atom. The van der Waals surface area contributed by atoms with E-state index in [9.17, 15) is 5.26 Å². The summed E-state index contributed by atoms with van der Waals surface area (Å²) in [6.07, 6.45) is 9.18. The van der Waals surface area contributed by atoms with Crippen LogP contribution in [-0.2, 0) is 0 Å². The first-order valence-corrected chi connectivity index (χ1v) is 9.21. The molecular weight excluding hydrogens is 326 g/mol. The Morgan fingerprint density at radius 1 is 1.19 bits per heavy atom. The van der Waals surface area contributed by atoms with E-state index in [0.717, 1.165) is 22.8 Å². The molecule has 2 aromatic heterocycles. The number of anilines is 1. The molecule has 1 aliphatic rings. The average Bonchev–Trinajstić information content (AvgIpc) is 3.12. The van der Waals surface area contributed by atoms with Gasteiger partial charge in [0.1, 0.15) is 23.1 Å². The highest BCUT2D eigenvalue weighted by Crippen LogP contribution is 2.32. The van der Waals surface area contributed by atoms with Crippen LogP contribution in [0.4, 0.5) is 5.82 Å². The van der Waals surface area contributed by atoms with Gasteiger partial charge < -0.3 is 10.1 Å². The van der Waals surface area contributed by atoms with Crippen molar-refractivity contribution in [2.75, 3.05) is 12.4 Å². The molecule has 0 bridgehead atoms. The number of hydrogen-bond acceptors (Lipinski definition) is 4. The molecule has 3 aromatic rings. The normalized spacial score (nSPS) is 15.5. The lowest BCUT2D eigenvalue weighted by Crippen LogP contribution is -2.20. The van der Waals surface area contributed by atoms with Crippen molar-refractivity contribution in [3.63, 3.8) is 0 Å². The molecule has 1 aromatic carbocycles. The Labute approximate surface area is 152 Å². The van der Waals surface area contributed by atoms with Crippen molar-refractivity contribution in [2.45, 2.75) is 44.6 Å². The predicted molar refractivity (Wildman–Crippen MR) is 101 cm³/mol. The number of nitrogens with zero attached hydrogens (tertiary/aromatic N) is 3. The van der Waals surface area contributed by atoms with Gasteiger partial charge in [-0.1, -0.05) is 25.7 Å². The molecule has 134 valence electrons. The second kappa shape index (κ2) is 7.12. The fourth-order valence-electron chi connectivity index (χ4n) is 3.70. The Bertz CT molecular complexity index is 924. The number of nitriles is 1. The number of nitrogens with one attached hydrogen (secondary N) is 2. The Balaban J connectivity index is 1.77. The molecule has 1 fully saturated rings. The van der Waals surface area contributed by atoms with E-state index in [0.29, 0.717) is 17.3 Å². The topological polar surface area (TPSA) is 78.1 Å². The summed E-state index contributed by atoms with van der Waals surface area (Å²) in [6, 6.07) is 10.5. The molecule has 6 heteroatoms. The van der Waals surface area contributed by atoms with Gasteiger partial charge in [-0.15, -0.1) is 0 Å². The second-order valence-corrected chi connectivity index (χ2v) is 6.83. The van der Waals surface area contributed by atoms with E-state index < -0.39 is 0 Å². The summed E-state index contributed by atoms with van der Waals surface area (Å²) >= 11 is 0. The standard InChI is InChI=1S/C20H23N5O/c1-26-17-10-8-14(9-11-17)18-20(23-16-6-4-2-3-5-7-16)25-19(24-18)15(12-21)13-22-25/h8-11,13,16,22-23H,2-7H2,1H3. The second-order valence-electron chi connectivity index (χ2n) is 6.83. The van der Waals surface area contributed by atoms with Crippen molar-refractivity contribution in [3.05, 3.63) is 36.0 Å². The Morgan fingerprint density at radius 2 is 1.92 bits per heavy atom. The van der Waals surface area contributed by atoms with Crippen LogP contribution < -0.4 is 10.1 Å². The summed E-state index contributed by atoms with van der Waals surface area (Å²) < 4.78 is 7.15. The van der Waals surface area contributed by atoms with Crippen LogP contribution in [0.2, 0.25) is 0 Å². The van der Waals surface area contributed by atoms with Crippen LogP contribution in [0.1, 0.15) is 44.1 Å². The number of ether oxygens (including phenoxy) is 1. The third kappa shape index (κ3) is 3.01. The minimum absolute atomic E-state index is 0.434. The quantitative estimate of drug-likeness (QED) is 0.687. The van der Waals surface area contributed by atoms with Gasteiger partial charge in [0.05, 0.1) is 7.11 Å². The molecule has 0 aliphatic heterocycles. The fraction of sp³-hybridized carbons (Fsp3) is 0.400. The van der Waals surface area contributed by atoms with Crippen LogP contribution in [0, 0.1) is 11.3 Å².